The minimum atomic E-state index is -0.251. The number of benzene rings is 2. The van der Waals surface area contributed by atoms with Gasteiger partial charge in [0.25, 0.3) is 0 Å². The molecule has 0 aliphatic carbocycles. The second-order valence-corrected chi connectivity index (χ2v) is 8.60. The molecule has 1 fully saturated rings. The van der Waals surface area contributed by atoms with E-state index in [1.165, 1.54) is 6.07 Å². The summed E-state index contributed by atoms with van der Waals surface area (Å²) in [6.45, 7) is 6.91. The van der Waals surface area contributed by atoms with E-state index in [0.29, 0.717) is 35.3 Å². The monoisotopic (exact) mass is 431 g/mol. The zero-order valence-electron chi connectivity index (χ0n) is 17.8. The van der Waals surface area contributed by atoms with E-state index in [-0.39, 0.29) is 17.6 Å². The van der Waals surface area contributed by atoms with E-state index in [2.05, 4.69) is 16.7 Å². The van der Waals surface area contributed by atoms with Gasteiger partial charge in [-0.2, -0.15) is 0 Å². The van der Waals surface area contributed by atoms with Gasteiger partial charge in [0.1, 0.15) is 5.82 Å². The predicted octanol–water partition coefficient (Wildman–Crippen LogP) is 4.89. The minimum absolute atomic E-state index is 0.0381. The largest absolute Gasteiger partial charge is 0.364 e. The Morgan fingerprint density at radius 3 is 2.50 bits per heavy atom. The highest BCUT2D eigenvalue weighted by Gasteiger charge is 2.27. The average molecular weight is 432 g/mol. The molecule has 1 saturated heterocycles. The van der Waals surface area contributed by atoms with Gasteiger partial charge in [-0.15, -0.1) is 0 Å². The molecule has 162 valence electrons. The van der Waals surface area contributed by atoms with Crippen LogP contribution in [0.2, 0.25) is 5.02 Å². The number of likely N-dealkylation sites (tertiary alicyclic amines) is 1. The second-order valence-electron chi connectivity index (χ2n) is 8.16. The second kappa shape index (κ2) is 10.4. The van der Waals surface area contributed by atoms with Crippen molar-refractivity contribution in [3.05, 3.63) is 64.4 Å². The van der Waals surface area contributed by atoms with Crippen LogP contribution in [-0.2, 0) is 6.54 Å². The lowest BCUT2D eigenvalue weighted by molar-refractivity contribution is 0.101. The third-order valence-electron chi connectivity index (χ3n) is 6.10. The van der Waals surface area contributed by atoms with Crippen molar-refractivity contribution in [1.82, 2.24) is 4.90 Å². The summed E-state index contributed by atoms with van der Waals surface area (Å²) in [5.41, 5.74) is 7.98. The fourth-order valence-corrected chi connectivity index (χ4v) is 4.42. The van der Waals surface area contributed by atoms with Gasteiger partial charge < -0.3 is 15.5 Å². The Balaban J connectivity index is 1.82. The fraction of sp³-hybridized carbons (Fsp3) is 0.458. The van der Waals surface area contributed by atoms with E-state index < -0.39 is 0 Å². The van der Waals surface area contributed by atoms with Crippen molar-refractivity contribution < 1.29 is 9.18 Å². The summed E-state index contributed by atoms with van der Waals surface area (Å²) in [4.78, 5) is 16.4. The third kappa shape index (κ3) is 5.60. The zero-order valence-corrected chi connectivity index (χ0v) is 18.5. The molecular weight excluding hydrogens is 401 g/mol. The first-order valence-corrected chi connectivity index (χ1v) is 11.0. The maximum absolute atomic E-state index is 14.5. The smallest absolute Gasteiger partial charge is 0.159 e. The van der Waals surface area contributed by atoms with Crippen LogP contribution in [0.3, 0.4) is 0 Å². The quantitative estimate of drug-likeness (QED) is 0.604. The Bertz CT molecular complexity index is 850. The number of piperidine rings is 1. The van der Waals surface area contributed by atoms with Gasteiger partial charge in [0.05, 0.1) is 0 Å². The van der Waals surface area contributed by atoms with Crippen molar-refractivity contribution in [3.63, 3.8) is 0 Å². The Kier molecular flexibility index (Phi) is 7.87. The SMILES string of the molecule is CC(=O)c1ccc(N(Cc2cc(Cl)ccc2F)C2CCN(C(C)CCN)CC2)cc1. The maximum atomic E-state index is 14.5. The number of carbonyl (C=O) groups excluding carboxylic acids is 1. The zero-order chi connectivity index (χ0) is 21.7. The van der Waals surface area contributed by atoms with Crippen LogP contribution in [0.1, 0.15) is 49.0 Å². The first-order valence-electron chi connectivity index (χ1n) is 10.6. The van der Waals surface area contributed by atoms with Crippen LogP contribution >= 0.6 is 11.6 Å². The molecule has 0 saturated carbocycles. The van der Waals surface area contributed by atoms with Crippen LogP contribution in [-0.4, -0.2) is 42.4 Å². The van der Waals surface area contributed by atoms with Crippen LogP contribution in [0.15, 0.2) is 42.5 Å². The Hall–Kier alpha value is -1.95. The molecule has 0 bridgehead atoms. The normalized spacial score (nSPS) is 16.4. The molecule has 30 heavy (non-hydrogen) atoms. The number of Topliss-reactive ketones (excluding diaryl/α,β-unsaturated/α-hetero) is 1. The number of nitrogens with zero attached hydrogens (tertiary/aromatic N) is 2. The standard InChI is InChI=1S/C24H31ClFN3O/c1-17(9-12-27)28-13-10-23(11-14-28)29(16-20-15-21(25)5-8-24(20)26)22-6-3-19(4-7-22)18(2)30/h3-8,15,17,23H,9-14,16,27H2,1-2H3. The minimum Gasteiger partial charge on any atom is -0.364 e. The van der Waals surface area contributed by atoms with Gasteiger partial charge in [-0.1, -0.05) is 11.6 Å². The van der Waals surface area contributed by atoms with E-state index in [9.17, 15) is 9.18 Å². The summed E-state index contributed by atoms with van der Waals surface area (Å²) in [6, 6.07) is 13.1. The van der Waals surface area contributed by atoms with Crippen LogP contribution in [0, 0.1) is 5.82 Å². The van der Waals surface area contributed by atoms with Gasteiger partial charge in [0.2, 0.25) is 0 Å². The molecule has 0 amide bonds. The molecular formula is C24H31ClFN3O. The fourth-order valence-electron chi connectivity index (χ4n) is 4.23. The summed E-state index contributed by atoms with van der Waals surface area (Å²) in [7, 11) is 0. The number of rotatable bonds is 8. The molecule has 1 aliphatic rings. The molecule has 0 radical (unpaired) electrons. The summed E-state index contributed by atoms with van der Waals surface area (Å²) in [6.07, 6.45) is 2.98. The molecule has 1 atom stereocenters. The highest BCUT2D eigenvalue weighted by molar-refractivity contribution is 6.30. The molecule has 2 aromatic rings. The van der Waals surface area contributed by atoms with Crippen LogP contribution < -0.4 is 10.6 Å². The Morgan fingerprint density at radius 1 is 1.23 bits per heavy atom. The summed E-state index contributed by atoms with van der Waals surface area (Å²) in [5, 5.41) is 0.531. The topological polar surface area (TPSA) is 49.6 Å². The lowest BCUT2D eigenvalue weighted by Crippen LogP contribution is -2.47. The van der Waals surface area contributed by atoms with Crippen LogP contribution in [0.4, 0.5) is 10.1 Å². The third-order valence-corrected chi connectivity index (χ3v) is 6.34. The summed E-state index contributed by atoms with van der Waals surface area (Å²) >= 11 is 6.13. The molecule has 1 unspecified atom stereocenters. The molecule has 3 rings (SSSR count). The number of carbonyl (C=O) groups is 1. The lowest BCUT2D eigenvalue weighted by atomic mass is 9.99. The molecule has 2 aromatic carbocycles. The van der Waals surface area contributed by atoms with Crippen molar-refractivity contribution in [1.29, 1.82) is 0 Å². The molecule has 1 heterocycles. The van der Waals surface area contributed by atoms with Crippen LogP contribution in [0.5, 0.6) is 0 Å². The van der Waals surface area contributed by atoms with Crippen molar-refractivity contribution >= 4 is 23.1 Å². The van der Waals surface area contributed by atoms with Crippen molar-refractivity contribution in [2.45, 2.75) is 51.7 Å². The van der Waals surface area contributed by atoms with Gasteiger partial charge >= 0.3 is 0 Å². The first-order chi connectivity index (χ1) is 14.4. The number of hydrogen-bond donors (Lipinski definition) is 1. The molecule has 1 aliphatic heterocycles. The van der Waals surface area contributed by atoms with Crippen LogP contribution in [0.25, 0.3) is 0 Å². The molecule has 0 spiro atoms. The van der Waals surface area contributed by atoms with E-state index in [4.69, 9.17) is 17.3 Å². The van der Waals surface area contributed by atoms with Gasteiger partial charge in [-0.05, 0) is 82.1 Å². The number of nitrogens with two attached hydrogens (primary N) is 1. The average Bonchev–Trinajstić information content (AvgIpc) is 2.75. The highest BCUT2D eigenvalue weighted by atomic mass is 35.5. The van der Waals surface area contributed by atoms with Crippen molar-refractivity contribution in [2.24, 2.45) is 5.73 Å². The molecule has 6 heteroatoms. The number of anilines is 1. The lowest BCUT2D eigenvalue weighted by Gasteiger charge is -2.42. The highest BCUT2D eigenvalue weighted by Crippen LogP contribution is 2.28. The van der Waals surface area contributed by atoms with Crippen molar-refractivity contribution in [2.75, 3.05) is 24.5 Å². The van der Waals surface area contributed by atoms with Gasteiger partial charge in [-0.25, -0.2) is 4.39 Å². The number of ketones is 1. The molecule has 0 aromatic heterocycles. The maximum Gasteiger partial charge on any atom is 0.159 e. The number of hydrogen-bond acceptors (Lipinski definition) is 4. The Morgan fingerprint density at radius 2 is 1.90 bits per heavy atom. The van der Waals surface area contributed by atoms with Crippen molar-refractivity contribution in [3.8, 4) is 0 Å². The Labute approximate surface area is 183 Å². The van der Waals surface area contributed by atoms with Gasteiger partial charge in [0.15, 0.2) is 5.78 Å². The van der Waals surface area contributed by atoms with E-state index in [0.717, 1.165) is 38.0 Å². The predicted molar refractivity (Wildman–Crippen MR) is 122 cm³/mol. The van der Waals surface area contributed by atoms with E-state index >= 15 is 0 Å². The van der Waals surface area contributed by atoms with Gasteiger partial charge in [0, 0.05) is 53.6 Å². The summed E-state index contributed by atoms with van der Waals surface area (Å²) in [5.74, 6) is -0.213. The summed E-state index contributed by atoms with van der Waals surface area (Å²) < 4.78 is 14.5. The number of halogens is 2. The molecule has 4 nitrogen and oxygen atoms in total. The van der Waals surface area contributed by atoms with E-state index in [1.807, 2.05) is 24.3 Å². The first kappa shape index (κ1) is 22.7. The van der Waals surface area contributed by atoms with E-state index in [1.54, 1.807) is 19.1 Å². The molecule has 2 N–H and O–H groups in total. The van der Waals surface area contributed by atoms with Gasteiger partial charge in [-0.3, -0.25) is 4.79 Å².